The number of phenolic OH excluding ortho intramolecular Hbond substituents is 12. The SMILES string of the molecule is CCCCCCCCCCCCCCCCCC1c2cc(c(O)c(O)c2O)C(CCCCCCCCCCCCCCCCC)c2cc(c(O)c(O)c2O)C(CCCCCCCCCCCCCCCCC)c2cc(c(O)c(O)c2O)C(CCCCCCCCCCCCCCCCC)c2cc1c(O)c(O)c2O. The van der Waals surface area contributed by atoms with E-state index in [-0.39, 0.29) is 70.2 Å². The Hall–Kier alpha value is -5.52. The van der Waals surface area contributed by atoms with Crippen LogP contribution in [0.5, 0.6) is 69.0 Å². The highest BCUT2D eigenvalue weighted by Gasteiger charge is 2.38. The van der Waals surface area contributed by atoms with Gasteiger partial charge in [0.2, 0.25) is 23.0 Å². The van der Waals surface area contributed by atoms with Crippen LogP contribution < -0.4 is 0 Å². The van der Waals surface area contributed by atoms with Crippen LogP contribution in [0.3, 0.4) is 0 Å². The Balaban J connectivity index is 1.58. The normalized spacial score (nSPS) is 15.1. The Morgan fingerprint density at radius 2 is 0.231 bits per heavy atom. The second-order valence-electron chi connectivity index (χ2n) is 33.6. The second kappa shape index (κ2) is 56.7. The van der Waals surface area contributed by atoms with Gasteiger partial charge in [0.25, 0.3) is 0 Å². The fourth-order valence-corrected chi connectivity index (χ4v) is 17.7. The molecule has 0 fully saturated rings. The van der Waals surface area contributed by atoms with Crippen LogP contribution in [-0.2, 0) is 0 Å². The zero-order valence-corrected chi connectivity index (χ0v) is 69.2. The van der Waals surface area contributed by atoms with Crippen molar-refractivity contribution in [2.45, 2.75) is 462 Å². The molecule has 0 heterocycles. The number of fused-ring (bicyclic) bond motifs is 8. The molecule has 0 saturated carbocycles. The number of phenols is 12. The molecule has 12 heteroatoms. The fraction of sp³-hybridized carbons (Fsp3) is 0.750. The van der Waals surface area contributed by atoms with Crippen LogP contribution >= 0.6 is 0 Å². The topological polar surface area (TPSA) is 243 Å². The number of hydrogen-bond donors (Lipinski definition) is 12. The lowest BCUT2D eigenvalue weighted by molar-refractivity contribution is 0.347. The molecule has 616 valence electrons. The van der Waals surface area contributed by atoms with Gasteiger partial charge in [-0.15, -0.1) is 0 Å². The molecular weight excluding hydrogens is 1350 g/mol. The predicted molar refractivity (Wildman–Crippen MR) is 451 cm³/mol. The minimum absolute atomic E-state index is 0.130. The summed E-state index contributed by atoms with van der Waals surface area (Å²) < 4.78 is 0. The van der Waals surface area contributed by atoms with E-state index in [1.807, 2.05) is 0 Å². The van der Waals surface area contributed by atoms with Gasteiger partial charge in [-0.1, -0.05) is 413 Å². The Morgan fingerprint density at radius 3 is 0.333 bits per heavy atom. The summed E-state index contributed by atoms with van der Waals surface area (Å²) in [5, 5.41) is 149. The summed E-state index contributed by atoms with van der Waals surface area (Å²) in [6, 6.07) is 6.47. The third-order valence-corrected chi connectivity index (χ3v) is 24.6. The van der Waals surface area contributed by atoms with Crippen molar-refractivity contribution >= 4 is 0 Å². The average Bonchev–Trinajstić information content (AvgIpc) is 0.744. The Bertz CT molecular complexity index is 2500. The van der Waals surface area contributed by atoms with Gasteiger partial charge in [-0.2, -0.15) is 0 Å². The zero-order valence-electron chi connectivity index (χ0n) is 69.2. The molecule has 8 bridgehead atoms. The van der Waals surface area contributed by atoms with Crippen molar-refractivity contribution in [2.75, 3.05) is 0 Å². The molecule has 0 spiro atoms. The van der Waals surface area contributed by atoms with E-state index in [0.29, 0.717) is 25.7 Å². The van der Waals surface area contributed by atoms with E-state index in [9.17, 15) is 61.3 Å². The number of benzene rings is 4. The molecule has 4 aromatic rings. The lowest BCUT2D eigenvalue weighted by Gasteiger charge is -2.30. The monoisotopic (exact) mass is 1510 g/mol. The number of unbranched alkanes of at least 4 members (excludes halogenated alkanes) is 56. The van der Waals surface area contributed by atoms with Gasteiger partial charge in [-0.25, -0.2) is 0 Å². The van der Waals surface area contributed by atoms with Crippen molar-refractivity contribution in [3.05, 3.63) is 68.8 Å². The molecule has 12 nitrogen and oxygen atoms in total. The molecule has 0 amide bonds. The molecule has 108 heavy (non-hydrogen) atoms. The maximum absolute atomic E-state index is 12.4. The molecule has 0 radical (unpaired) electrons. The van der Waals surface area contributed by atoms with Gasteiger partial charge in [0.15, 0.2) is 46.0 Å². The third-order valence-electron chi connectivity index (χ3n) is 24.6. The van der Waals surface area contributed by atoms with Gasteiger partial charge in [0.1, 0.15) is 0 Å². The number of rotatable bonds is 64. The molecular formula is C96H160O12. The van der Waals surface area contributed by atoms with Crippen LogP contribution in [-0.4, -0.2) is 61.3 Å². The highest BCUT2D eigenvalue weighted by Crippen LogP contribution is 2.59. The quantitative estimate of drug-likeness (QED) is 0.0146. The summed E-state index contributed by atoms with van der Waals surface area (Å²) in [4.78, 5) is 0. The van der Waals surface area contributed by atoms with Gasteiger partial charge in [0, 0.05) is 68.2 Å². The first-order valence-electron chi connectivity index (χ1n) is 45.8. The van der Waals surface area contributed by atoms with Crippen molar-refractivity contribution in [3.8, 4) is 69.0 Å². The molecule has 0 aliphatic heterocycles. The maximum Gasteiger partial charge on any atom is 0.200 e. The first-order valence-corrected chi connectivity index (χ1v) is 45.8. The third kappa shape index (κ3) is 32.7. The smallest absolute Gasteiger partial charge is 0.200 e. The van der Waals surface area contributed by atoms with Crippen molar-refractivity contribution in [3.63, 3.8) is 0 Å². The van der Waals surface area contributed by atoms with Crippen LogP contribution in [0.2, 0.25) is 0 Å². The van der Waals surface area contributed by atoms with Gasteiger partial charge >= 0.3 is 0 Å². The van der Waals surface area contributed by atoms with Crippen LogP contribution in [0.25, 0.3) is 0 Å². The number of aromatic hydroxyl groups is 12. The van der Waals surface area contributed by atoms with E-state index >= 15 is 0 Å². The first kappa shape index (κ1) is 93.1. The van der Waals surface area contributed by atoms with Gasteiger partial charge < -0.3 is 61.3 Å². The molecule has 0 aromatic heterocycles. The molecule has 0 atom stereocenters. The highest BCUT2D eigenvalue weighted by molar-refractivity contribution is 5.70. The van der Waals surface area contributed by atoms with Gasteiger partial charge in [-0.3, -0.25) is 0 Å². The average molecular weight is 1510 g/mol. The summed E-state index contributed by atoms with van der Waals surface area (Å²) in [6.45, 7) is 9.01. The lowest BCUT2D eigenvalue weighted by Crippen LogP contribution is -2.12. The lowest BCUT2D eigenvalue weighted by atomic mass is 9.76. The number of hydrogen-bond acceptors (Lipinski definition) is 12. The van der Waals surface area contributed by atoms with Crippen LogP contribution in [0.15, 0.2) is 24.3 Å². The highest BCUT2D eigenvalue weighted by atomic mass is 16.3. The fourth-order valence-electron chi connectivity index (χ4n) is 17.7. The molecule has 4 aromatic carbocycles. The minimum Gasteiger partial charge on any atom is -0.504 e. The second-order valence-corrected chi connectivity index (χ2v) is 33.6. The van der Waals surface area contributed by atoms with Crippen molar-refractivity contribution in [1.82, 2.24) is 0 Å². The van der Waals surface area contributed by atoms with E-state index in [4.69, 9.17) is 0 Å². The Kier molecular flexibility index (Phi) is 48.8. The van der Waals surface area contributed by atoms with E-state index in [1.54, 1.807) is 24.3 Å². The summed E-state index contributed by atoms with van der Waals surface area (Å²) in [7, 11) is 0. The van der Waals surface area contributed by atoms with E-state index in [2.05, 4.69) is 27.7 Å². The molecule has 0 unspecified atom stereocenters. The summed E-state index contributed by atoms with van der Waals surface area (Å²) in [5.74, 6) is -12.3. The van der Waals surface area contributed by atoms with Crippen LogP contribution in [0, 0.1) is 0 Å². The molecule has 0 saturated heterocycles. The standard InChI is InChI=1S/C96H160O12/c1-5-9-13-17-21-25-29-33-37-41-45-49-53-57-61-65-73-77-69-79(87(99)93(105)85(77)97)74(66-62-58-54-50-46-42-38-34-30-26-22-18-14-10-6-2)81-71-83(91(103)95(107)89(81)101)76(68-64-60-56-52-48-44-40-36-32-28-24-20-16-12-8-4)84-72-82(90(102)96(108)92(84)104)75(80-70-78(73)86(98)94(106)88(80)100)67-63-59-55-51-47-43-39-35-31-27-23-19-15-11-7-3/h69-76,97-108H,5-68H2,1-4H3. The van der Waals surface area contributed by atoms with Crippen molar-refractivity contribution in [1.29, 1.82) is 0 Å². The first-order chi connectivity index (χ1) is 52.7. The largest absolute Gasteiger partial charge is 0.504 e. The zero-order chi connectivity index (χ0) is 77.9. The maximum atomic E-state index is 12.4. The molecule has 1 aliphatic rings. The Morgan fingerprint density at radius 1 is 0.139 bits per heavy atom. The van der Waals surface area contributed by atoms with Crippen LogP contribution in [0.1, 0.15) is 507 Å². The predicted octanol–water partition coefficient (Wildman–Crippen LogP) is 30.0. The van der Waals surface area contributed by atoms with E-state index in [0.717, 1.165) is 103 Å². The van der Waals surface area contributed by atoms with Crippen molar-refractivity contribution < 1.29 is 61.3 Å². The Labute approximate surface area is 657 Å². The van der Waals surface area contributed by atoms with Gasteiger partial charge in [0.05, 0.1) is 0 Å². The molecule has 12 N–H and O–H groups in total. The minimum atomic E-state index is -0.984. The van der Waals surface area contributed by atoms with E-state index < -0.39 is 92.7 Å². The van der Waals surface area contributed by atoms with E-state index in [1.165, 1.54) is 257 Å². The van der Waals surface area contributed by atoms with Gasteiger partial charge in [-0.05, 0) is 49.9 Å². The molecule has 5 rings (SSSR count). The summed E-state index contributed by atoms with van der Waals surface area (Å²) in [6.07, 6.45) is 69.9. The summed E-state index contributed by atoms with van der Waals surface area (Å²) >= 11 is 0. The van der Waals surface area contributed by atoms with Crippen LogP contribution in [0.4, 0.5) is 0 Å². The molecule has 1 aliphatic carbocycles. The summed E-state index contributed by atoms with van der Waals surface area (Å²) in [5.41, 5.74) is 1.04. The van der Waals surface area contributed by atoms with Crippen molar-refractivity contribution in [2.24, 2.45) is 0 Å².